The van der Waals surface area contributed by atoms with E-state index in [1.54, 1.807) is 0 Å². The molecule has 0 aliphatic carbocycles. The van der Waals surface area contributed by atoms with E-state index in [9.17, 15) is 0 Å². The van der Waals surface area contributed by atoms with Gasteiger partial charge in [0.1, 0.15) is 5.82 Å². The van der Waals surface area contributed by atoms with Gasteiger partial charge in [0.05, 0.1) is 0 Å². The van der Waals surface area contributed by atoms with Gasteiger partial charge in [0.2, 0.25) is 0 Å². The molecule has 8 rings (SSSR count). The summed E-state index contributed by atoms with van der Waals surface area (Å²) >= 11 is 0. The fourth-order valence-corrected chi connectivity index (χ4v) is 7.00. The molecule has 0 saturated heterocycles. The van der Waals surface area contributed by atoms with E-state index < -0.39 is 0 Å². The summed E-state index contributed by atoms with van der Waals surface area (Å²) in [4.78, 5) is 9.33. The second kappa shape index (κ2) is 13.4. The molecule has 260 valence electrons. The summed E-state index contributed by atoms with van der Waals surface area (Å²) in [6.07, 6.45) is 1.90. The molecule has 1 aliphatic heterocycles. The topological polar surface area (TPSA) is 33.5 Å². The Bertz CT molecular complexity index is 2360. The summed E-state index contributed by atoms with van der Waals surface area (Å²) in [6, 6.07) is 47.3. The number of rotatable bonds is 6. The van der Waals surface area contributed by atoms with Crippen LogP contribution >= 0.6 is 0 Å². The first kappa shape index (κ1) is 34.6. The van der Waals surface area contributed by atoms with Crippen molar-refractivity contribution < 1.29 is 25.8 Å². The Kier molecular flexibility index (Phi) is 9.06. The molecular formula is C45H41N4OPt-3. The SMILES string of the molecule is CC(C)(C)c1ccnc(-n2c3[c-]c(Oc4[c-]c(N5[CH-]N(Cc6ccccc6C(C)(C)C)c6ccccc65)ccc4)ccc3c3ccccc32)c1.[Pt]. The third-order valence-electron chi connectivity index (χ3n) is 9.50. The molecule has 0 saturated carbocycles. The van der Waals surface area contributed by atoms with Gasteiger partial charge in [-0.05, 0) is 63.2 Å². The summed E-state index contributed by atoms with van der Waals surface area (Å²) in [5, 5.41) is 2.25. The third-order valence-corrected chi connectivity index (χ3v) is 9.50. The second-order valence-corrected chi connectivity index (χ2v) is 15.1. The molecule has 7 aromatic rings. The van der Waals surface area contributed by atoms with E-state index in [1.165, 1.54) is 16.7 Å². The summed E-state index contributed by atoms with van der Waals surface area (Å²) in [6.45, 7) is 16.4. The van der Waals surface area contributed by atoms with Crippen LogP contribution in [0.5, 0.6) is 11.5 Å². The smallest absolute Gasteiger partial charge is 0.135 e. The van der Waals surface area contributed by atoms with E-state index in [2.05, 4.69) is 172 Å². The van der Waals surface area contributed by atoms with E-state index in [-0.39, 0.29) is 31.9 Å². The van der Waals surface area contributed by atoms with Gasteiger partial charge in [0, 0.05) is 62.2 Å². The van der Waals surface area contributed by atoms with Crippen LogP contribution in [-0.4, -0.2) is 9.55 Å². The zero-order valence-electron chi connectivity index (χ0n) is 29.8. The summed E-state index contributed by atoms with van der Waals surface area (Å²) in [5.41, 5.74) is 9.13. The summed E-state index contributed by atoms with van der Waals surface area (Å²) < 4.78 is 8.71. The molecule has 0 radical (unpaired) electrons. The molecule has 5 nitrogen and oxygen atoms in total. The first-order valence-electron chi connectivity index (χ1n) is 17.3. The number of nitrogens with zero attached hydrogens (tertiary/aromatic N) is 4. The van der Waals surface area contributed by atoms with Crippen LogP contribution in [0.1, 0.15) is 58.2 Å². The maximum absolute atomic E-state index is 6.52. The number of anilines is 3. The number of ether oxygens (including phenoxy) is 1. The fourth-order valence-electron chi connectivity index (χ4n) is 7.00. The van der Waals surface area contributed by atoms with Gasteiger partial charge >= 0.3 is 0 Å². The van der Waals surface area contributed by atoms with Crippen molar-refractivity contribution in [3.05, 3.63) is 157 Å². The van der Waals surface area contributed by atoms with Crippen LogP contribution in [0.3, 0.4) is 0 Å². The number of hydrogen-bond donors (Lipinski definition) is 0. The number of fused-ring (bicyclic) bond motifs is 4. The average Bonchev–Trinajstić information content (AvgIpc) is 3.63. The van der Waals surface area contributed by atoms with Gasteiger partial charge in [-0.1, -0.05) is 102 Å². The molecule has 0 bridgehead atoms. The number of para-hydroxylation sites is 3. The molecule has 3 heterocycles. The van der Waals surface area contributed by atoms with E-state index in [1.807, 2.05) is 24.4 Å². The van der Waals surface area contributed by atoms with Crippen molar-refractivity contribution in [2.75, 3.05) is 9.80 Å². The molecular weight excluding hydrogens is 808 g/mol. The van der Waals surface area contributed by atoms with Gasteiger partial charge in [-0.2, -0.15) is 18.8 Å². The molecule has 0 N–H and O–H groups in total. The van der Waals surface area contributed by atoms with Crippen molar-refractivity contribution in [1.29, 1.82) is 0 Å². The van der Waals surface area contributed by atoms with Crippen LogP contribution in [0.15, 0.2) is 121 Å². The van der Waals surface area contributed by atoms with E-state index in [4.69, 9.17) is 9.72 Å². The number of benzene rings is 5. The van der Waals surface area contributed by atoms with Gasteiger partial charge in [-0.3, -0.25) is 0 Å². The van der Waals surface area contributed by atoms with E-state index in [0.717, 1.165) is 51.2 Å². The Balaban J connectivity index is 0.00000406. The van der Waals surface area contributed by atoms with Crippen molar-refractivity contribution >= 4 is 38.9 Å². The molecule has 0 amide bonds. The molecule has 2 aromatic heterocycles. The predicted octanol–water partition coefficient (Wildman–Crippen LogP) is 11.4. The Morgan fingerprint density at radius 2 is 1.41 bits per heavy atom. The number of aromatic nitrogens is 2. The summed E-state index contributed by atoms with van der Waals surface area (Å²) in [7, 11) is 0. The molecule has 0 atom stereocenters. The number of hydrogen-bond acceptors (Lipinski definition) is 4. The standard InChI is InChI=1S/C45H41N4O.Pt/c1-44(2,3)32-24-25-46-43(26-32)49-39-19-10-8-17-36(39)37-23-22-35(28-42(37)49)50-34-16-13-15-33(27-34)48-30-47(40-20-11-12-21-41(40)48)29-31-14-7-9-18-38(31)45(4,5)6;/h7-26,30H,29H2,1-6H3;/q-3;. The maximum Gasteiger partial charge on any atom is 0.135 e. The van der Waals surface area contributed by atoms with Crippen molar-refractivity contribution in [3.63, 3.8) is 0 Å². The Morgan fingerprint density at radius 3 is 2.22 bits per heavy atom. The third kappa shape index (κ3) is 6.56. The Hall–Kier alpha value is -4.86. The van der Waals surface area contributed by atoms with Gasteiger partial charge < -0.3 is 19.1 Å². The van der Waals surface area contributed by atoms with Crippen LogP contribution in [0.4, 0.5) is 17.1 Å². The quantitative estimate of drug-likeness (QED) is 0.156. The monoisotopic (exact) mass is 848 g/mol. The van der Waals surface area contributed by atoms with E-state index in [0.29, 0.717) is 11.5 Å². The minimum Gasteiger partial charge on any atom is -0.509 e. The zero-order valence-corrected chi connectivity index (χ0v) is 32.1. The molecule has 0 spiro atoms. The van der Waals surface area contributed by atoms with Crippen molar-refractivity contribution in [2.45, 2.75) is 58.9 Å². The largest absolute Gasteiger partial charge is 0.509 e. The van der Waals surface area contributed by atoms with Gasteiger partial charge in [0.15, 0.2) is 0 Å². The first-order valence-corrected chi connectivity index (χ1v) is 17.3. The fraction of sp³-hybridized carbons (Fsp3) is 0.200. The van der Waals surface area contributed by atoms with Crippen LogP contribution in [0, 0.1) is 18.8 Å². The first-order chi connectivity index (χ1) is 24.0. The second-order valence-electron chi connectivity index (χ2n) is 15.1. The Morgan fingerprint density at radius 1 is 0.686 bits per heavy atom. The van der Waals surface area contributed by atoms with Crippen molar-refractivity contribution in [3.8, 4) is 17.3 Å². The van der Waals surface area contributed by atoms with Crippen LogP contribution in [0.2, 0.25) is 0 Å². The molecule has 5 aromatic carbocycles. The normalized spacial score (nSPS) is 13.1. The maximum atomic E-state index is 6.52. The van der Waals surface area contributed by atoms with Crippen molar-refractivity contribution in [1.82, 2.24) is 9.55 Å². The van der Waals surface area contributed by atoms with E-state index >= 15 is 0 Å². The van der Waals surface area contributed by atoms with Gasteiger partial charge in [-0.25, -0.2) is 4.98 Å². The predicted molar refractivity (Wildman–Crippen MR) is 206 cm³/mol. The number of pyridine rings is 1. The minimum absolute atomic E-state index is 0. The molecule has 0 unspecified atom stereocenters. The van der Waals surface area contributed by atoms with Crippen LogP contribution in [-0.2, 0) is 38.4 Å². The van der Waals surface area contributed by atoms with Gasteiger partial charge in [-0.15, -0.1) is 41.4 Å². The minimum atomic E-state index is -0.00346. The van der Waals surface area contributed by atoms with Crippen LogP contribution in [0.25, 0.3) is 27.6 Å². The zero-order chi connectivity index (χ0) is 34.6. The van der Waals surface area contributed by atoms with Crippen molar-refractivity contribution in [2.24, 2.45) is 0 Å². The Labute approximate surface area is 315 Å². The average molecular weight is 849 g/mol. The van der Waals surface area contributed by atoms with Crippen LogP contribution < -0.4 is 14.5 Å². The van der Waals surface area contributed by atoms with Gasteiger partial charge in [0.25, 0.3) is 0 Å². The molecule has 0 fully saturated rings. The molecule has 51 heavy (non-hydrogen) atoms. The summed E-state index contributed by atoms with van der Waals surface area (Å²) in [5.74, 6) is 2.10. The molecule has 1 aliphatic rings. The molecule has 6 heteroatoms.